The first-order valence-electron chi connectivity index (χ1n) is 12.9. The van der Waals surface area contributed by atoms with Crippen molar-refractivity contribution < 1.29 is 28.2 Å². The van der Waals surface area contributed by atoms with Crippen LogP contribution in [0.5, 0.6) is 17.2 Å². The molecule has 0 bridgehead atoms. The molecule has 0 unspecified atom stereocenters. The lowest BCUT2D eigenvalue weighted by Crippen LogP contribution is -2.40. The third-order valence-electron chi connectivity index (χ3n) is 6.73. The fourth-order valence-corrected chi connectivity index (χ4v) is 5.89. The molecule has 3 heterocycles. The number of benzene rings is 2. The van der Waals surface area contributed by atoms with Gasteiger partial charge in [0.15, 0.2) is 16.3 Å². The van der Waals surface area contributed by atoms with Crippen molar-refractivity contribution >= 4 is 23.4 Å². The third-order valence-corrected chi connectivity index (χ3v) is 7.72. The number of hydrogen-bond acceptors (Lipinski definition) is 10. The molecule has 0 saturated carbocycles. The largest absolute Gasteiger partial charge is 0.493 e. The van der Waals surface area contributed by atoms with Crippen LogP contribution in [0.2, 0.25) is 0 Å². The number of rotatable bonds is 8. The number of nitrogens with zero attached hydrogens (tertiary/aromatic N) is 3. The number of furan rings is 1. The summed E-state index contributed by atoms with van der Waals surface area (Å²) in [6, 6.07) is 15.3. The van der Waals surface area contributed by atoms with E-state index in [1.54, 1.807) is 62.4 Å². The van der Waals surface area contributed by atoms with Crippen LogP contribution in [0.15, 0.2) is 74.0 Å². The topological polar surface area (TPSA) is 125 Å². The lowest BCUT2D eigenvalue weighted by Gasteiger charge is -2.26. The molecule has 0 N–H and O–H groups in total. The van der Waals surface area contributed by atoms with Crippen molar-refractivity contribution in [3.63, 3.8) is 0 Å². The van der Waals surface area contributed by atoms with Gasteiger partial charge < -0.3 is 23.4 Å². The summed E-state index contributed by atoms with van der Waals surface area (Å²) in [6.07, 6.45) is 1.62. The zero-order chi connectivity index (χ0) is 30.0. The van der Waals surface area contributed by atoms with Gasteiger partial charge in [-0.25, -0.2) is 9.79 Å². The molecule has 2 aromatic heterocycles. The second kappa shape index (κ2) is 11.8. The van der Waals surface area contributed by atoms with E-state index < -0.39 is 12.0 Å². The average Bonchev–Trinajstić information content (AvgIpc) is 3.59. The zero-order valence-electron chi connectivity index (χ0n) is 23.6. The number of carbonyl (C=O) groups excluding carboxylic acids is 1. The monoisotopic (exact) mass is 585 g/mol. The van der Waals surface area contributed by atoms with E-state index >= 15 is 0 Å². The number of allylic oxidation sites excluding steroid dienone is 1. The summed E-state index contributed by atoms with van der Waals surface area (Å²) in [5.41, 5.74) is 1.94. The predicted molar refractivity (Wildman–Crippen MR) is 155 cm³/mol. The Hall–Kier alpha value is -5.08. The van der Waals surface area contributed by atoms with Gasteiger partial charge in [-0.05, 0) is 55.8 Å². The molecule has 0 saturated heterocycles. The molecule has 5 rings (SSSR count). The molecule has 0 fully saturated rings. The summed E-state index contributed by atoms with van der Waals surface area (Å²) in [7, 11) is 4.48. The number of ether oxygens (including phenoxy) is 4. The number of esters is 1. The van der Waals surface area contributed by atoms with Crippen LogP contribution in [-0.4, -0.2) is 38.5 Å². The van der Waals surface area contributed by atoms with Gasteiger partial charge in [0.2, 0.25) is 5.75 Å². The first-order valence-corrected chi connectivity index (χ1v) is 13.8. The third kappa shape index (κ3) is 4.97. The van der Waals surface area contributed by atoms with Crippen molar-refractivity contribution in [1.82, 2.24) is 4.57 Å². The highest BCUT2D eigenvalue weighted by Gasteiger charge is 2.34. The van der Waals surface area contributed by atoms with Crippen LogP contribution in [0.3, 0.4) is 0 Å². The number of fused-ring (bicyclic) bond motifs is 1. The minimum Gasteiger partial charge on any atom is -0.493 e. The Morgan fingerprint density at radius 2 is 1.83 bits per heavy atom. The number of aromatic nitrogens is 1. The van der Waals surface area contributed by atoms with Crippen LogP contribution in [0.1, 0.15) is 36.8 Å². The van der Waals surface area contributed by atoms with Gasteiger partial charge in [0.1, 0.15) is 11.5 Å². The number of methoxy groups -OCH3 is 3. The van der Waals surface area contributed by atoms with E-state index in [2.05, 4.69) is 11.1 Å². The molecule has 214 valence electrons. The Morgan fingerprint density at radius 3 is 2.48 bits per heavy atom. The summed E-state index contributed by atoms with van der Waals surface area (Å²) < 4.78 is 29.8. The van der Waals surface area contributed by atoms with E-state index in [1.807, 2.05) is 6.07 Å². The van der Waals surface area contributed by atoms with Crippen molar-refractivity contribution in [2.45, 2.75) is 19.9 Å². The van der Waals surface area contributed by atoms with Crippen LogP contribution < -0.4 is 29.1 Å². The Kier molecular flexibility index (Phi) is 7.99. The fourth-order valence-electron chi connectivity index (χ4n) is 4.87. The quantitative estimate of drug-likeness (QED) is 0.285. The number of hydrogen-bond donors (Lipinski definition) is 0. The fraction of sp³-hybridized carbons (Fsp3) is 0.226. The van der Waals surface area contributed by atoms with E-state index in [4.69, 9.17) is 23.4 Å². The predicted octanol–water partition coefficient (Wildman–Crippen LogP) is 3.96. The molecule has 4 aromatic rings. The molecule has 0 amide bonds. The average molecular weight is 586 g/mol. The molecule has 0 radical (unpaired) electrons. The van der Waals surface area contributed by atoms with Crippen molar-refractivity contribution in [2.75, 3.05) is 27.9 Å². The van der Waals surface area contributed by atoms with E-state index in [0.717, 1.165) is 0 Å². The maximum absolute atomic E-state index is 14.0. The second-order valence-electron chi connectivity index (χ2n) is 9.12. The minimum absolute atomic E-state index is 0.151. The molecule has 1 aliphatic heterocycles. The lowest BCUT2D eigenvalue weighted by atomic mass is 9.95. The number of carbonyl (C=O) groups is 1. The highest BCUT2D eigenvalue weighted by Crippen LogP contribution is 2.42. The molecular weight excluding hydrogens is 558 g/mol. The Morgan fingerprint density at radius 1 is 1.12 bits per heavy atom. The number of thiazole rings is 1. The summed E-state index contributed by atoms with van der Waals surface area (Å²) in [5, 5.41) is 9.47. The Bertz CT molecular complexity index is 1920. The maximum Gasteiger partial charge on any atom is 0.338 e. The Labute approximate surface area is 245 Å². The summed E-state index contributed by atoms with van der Waals surface area (Å²) in [4.78, 5) is 32.2. The second-order valence-corrected chi connectivity index (χ2v) is 10.1. The van der Waals surface area contributed by atoms with Gasteiger partial charge in [-0.3, -0.25) is 9.36 Å². The molecule has 2 aromatic carbocycles. The first kappa shape index (κ1) is 28.4. The zero-order valence-corrected chi connectivity index (χ0v) is 24.4. The number of nitriles is 1. The van der Waals surface area contributed by atoms with E-state index in [9.17, 15) is 14.9 Å². The smallest absolute Gasteiger partial charge is 0.338 e. The van der Waals surface area contributed by atoms with Crippen LogP contribution >= 0.6 is 11.3 Å². The van der Waals surface area contributed by atoms with Gasteiger partial charge in [-0.15, -0.1) is 0 Å². The van der Waals surface area contributed by atoms with Crippen LogP contribution in [0.4, 0.5) is 0 Å². The van der Waals surface area contributed by atoms with Gasteiger partial charge >= 0.3 is 5.97 Å². The highest BCUT2D eigenvalue weighted by molar-refractivity contribution is 7.07. The standard InChI is InChI=1S/C31H27N3O7S/c1-6-40-30(36)26-17(2)33-31-34(27(26)19-13-23(37-3)28(39-5)24(14-19)38-4)29(35)25(42-31)15-20-11-12-22(41-20)21-10-8-7-9-18(21)16-32/h7-15,27H,6H2,1-5H3/t27-/m1/s1. The van der Waals surface area contributed by atoms with Gasteiger partial charge in [-0.1, -0.05) is 23.5 Å². The summed E-state index contributed by atoms with van der Waals surface area (Å²) >= 11 is 1.17. The maximum atomic E-state index is 14.0. The van der Waals surface area contributed by atoms with E-state index in [1.165, 1.54) is 37.2 Å². The van der Waals surface area contributed by atoms with Crippen LogP contribution in [0.25, 0.3) is 17.4 Å². The highest BCUT2D eigenvalue weighted by atomic mass is 32.1. The molecule has 0 aliphatic carbocycles. The molecule has 10 nitrogen and oxygen atoms in total. The van der Waals surface area contributed by atoms with E-state index in [0.29, 0.717) is 60.5 Å². The normalized spacial score (nSPS) is 14.6. The van der Waals surface area contributed by atoms with Gasteiger partial charge in [0.25, 0.3) is 5.56 Å². The molecule has 1 atom stereocenters. The molecule has 42 heavy (non-hydrogen) atoms. The Balaban J connectivity index is 1.70. The van der Waals surface area contributed by atoms with Crippen LogP contribution in [0, 0.1) is 11.3 Å². The van der Waals surface area contributed by atoms with Gasteiger partial charge in [0, 0.05) is 11.6 Å². The van der Waals surface area contributed by atoms with Crippen LogP contribution in [-0.2, 0) is 9.53 Å². The minimum atomic E-state index is -0.883. The molecule has 11 heteroatoms. The van der Waals surface area contributed by atoms with Crippen molar-refractivity contribution in [3.8, 4) is 34.6 Å². The van der Waals surface area contributed by atoms with Crippen molar-refractivity contribution in [3.05, 3.63) is 96.4 Å². The van der Waals surface area contributed by atoms with Crippen molar-refractivity contribution in [2.24, 2.45) is 4.99 Å². The molecule has 1 aliphatic rings. The SMILES string of the molecule is CCOC(=O)C1=C(C)N=c2sc(=Cc3ccc(-c4ccccc4C#N)o3)c(=O)n2[C@@H]1c1cc(OC)c(OC)c(OC)c1. The van der Waals surface area contributed by atoms with Crippen molar-refractivity contribution in [1.29, 1.82) is 5.26 Å². The van der Waals surface area contributed by atoms with Gasteiger partial charge in [-0.2, -0.15) is 5.26 Å². The molecular formula is C31H27N3O7S. The molecule has 0 spiro atoms. The van der Waals surface area contributed by atoms with Gasteiger partial charge in [0.05, 0.1) is 61.4 Å². The van der Waals surface area contributed by atoms with E-state index in [-0.39, 0.29) is 17.7 Å². The summed E-state index contributed by atoms with van der Waals surface area (Å²) in [6.45, 7) is 3.57. The first-order chi connectivity index (χ1) is 20.3. The summed E-state index contributed by atoms with van der Waals surface area (Å²) in [5.74, 6) is 1.45. The lowest BCUT2D eigenvalue weighted by molar-refractivity contribution is -0.139.